The van der Waals surface area contributed by atoms with Crippen LogP contribution in [0.5, 0.6) is 0 Å². The number of aliphatic imine (C=N–C) groups is 1. The number of halogens is 4. The number of alkyl halides is 3. The lowest BCUT2D eigenvalue weighted by Gasteiger charge is -2.25. The van der Waals surface area contributed by atoms with Crippen LogP contribution in [0, 0.1) is 5.41 Å². The van der Waals surface area contributed by atoms with Crippen LogP contribution in [-0.2, 0) is 0 Å². The zero-order valence-corrected chi connectivity index (χ0v) is 9.68. The first kappa shape index (κ1) is 15.3. The van der Waals surface area contributed by atoms with Crippen molar-refractivity contribution in [2.75, 3.05) is 6.54 Å². The summed E-state index contributed by atoms with van der Waals surface area (Å²) >= 11 is 0. The Morgan fingerprint density at radius 3 is 1.85 bits per heavy atom. The van der Waals surface area contributed by atoms with Gasteiger partial charge in [0.1, 0.15) is 0 Å². The smallest absolute Gasteiger partial charge is 0.370 e. The van der Waals surface area contributed by atoms with Gasteiger partial charge in [-0.25, -0.2) is 0 Å². The molecule has 0 aliphatic heterocycles. The van der Waals surface area contributed by atoms with E-state index in [-0.39, 0.29) is 29.9 Å². The second-order valence-corrected chi connectivity index (χ2v) is 3.12. The average molecular weight is 311 g/mol. The fourth-order valence-electron chi connectivity index (χ4n) is 0.379. The number of rotatable bonds is 2. The molecule has 0 rings (SSSR count). The van der Waals surface area contributed by atoms with E-state index in [0.717, 1.165) is 13.8 Å². The van der Waals surface area contributed by atoms with Crippen LogP contribution in [0.3, 0.4) is 0 Å². The van der Waals surface area contributed by atoms with Crippen LogP contribution < -0.4 is 11.5 Å². The standard InChI is InChI=1S/C6H12F3N3.HI/c1-5(2,6(7,8)9)3-12-4(10)11;/h3H2,1-2H3,(H4,10,11,12);1H. The maximum Gasteiger partial charge on any atom is 0.395 e. The van der Waals surface area contributed by atoms with E-state index in [0.29, 0.717) is 0 Å². The van der Waals surface area contributed by atoms with Gasteiger partial charge in [-0.3, -0.25) is 4.99 Å². The van der Waals surface area contributed by atoms with Gasteiger partial charge in [0.05, 0.1) is 12.0 Å². The topological polar surface area (TPSA) is 64.4 Å². The minimum Gasteiger partial charge on any atom is -0.370 e. The van der Waals surface area contributed by atoms with E-state index in [1.807, 2.05) is 0 Å². The van der Waals surface area contributed by atoms with Gasteiger partial charge in [0, 0.05) is 0 Å². The van der Waals surface area contributed by atoms with Gasteiger partial charge in [-0.2, -0.15) is 13.2 Å². The highest BCUT2D eigenvalue weighted by Crippen LogP contribution is 2.37. The quantitative estimate of drug-likeness (QED) is 0.461. The highest BCUT2D eigenvalue weighted by Gasteiger charge is 2.47. The monoisotopic (exact) mass is 311 g/mol. The molecule has 0 aliphatic carbocycles. The molecule has 4 N–H and O–H groups in total. The van der Waals surface area contributed by atoms with Crippen molar-refractivity contribution in [1.82, 2.24) is 0 Å². The van der Waals surface area contributed by atoms with Crippen molar-refractivity contribution in [3.05, 3.63) is 0 Å². The molecule has 0 amide bonds. The average Bonchev–Trinajstić information content (AvgIpc) is 1.81. The van der Waals surface area contributed by atoms with Crippen molar-refractivity contribution >= 4 is 29.9 Å². The number of nitrogens with zero attached hydrogens (tertiary/aromatic N) is 1. The van der Waals surface area contributed by atoms with Crippen molar-refractivity contribution in [3.63, 3.8) is 0 Å². The Hall–Kier alpha value is -0.210. The minimum absolute atomic E-state index is 0. The second kappa shape index (κ2) is 4.87. The van der Waals surface area contributed by atoms with Crippen molar-refractivity contribution in [1.29, 1.82) is 0 Å². The third-order valence-electron chi connectivity index (χ3n) is 1.42. The maximum absolute atomic E-state index is 12.1. The Bertz CT molecular complexity index is 184. The predicted molar refractivity (Wildman–Crippen MR) is 55.9 cm³/mol. The summed E-state index contributed by atoms with van der Waals surface area (Å²) in [6.45, 7) is 1.64. The summed E-state index contributed by atoms with van der Waals surface area (Å²) < 4.78 is 36.4. The number of hydrogen-bond donors (Lipinski definition) is 2. The normalized spacial score (nSPS) is 11.8. The SMILES string of the molecule is CC(C)(CN=C(N)N)C(F)(F)F.I. The van der Waals surface area contributed by atoms with Crippen LogP contribution >= 0.6 is 24.0 Å². The summed E-state index contributed by atoms with van der Waals surface area (Å²) in [6, 6.07) is 0. The van der Waals surface area contributed by atoms with Gasteiger partial charge in [0.15, 0.2) is 5.96 Å². The van der Waals surface area contributed by atoms with E-state index >= 15 is 0 Å². The van der Waals surface area contributed by atoms with Crippen LogP contribution in [0.1, 0.15) is 13.8 Å². The third-order valence-corrected chi connectivity index (χ3v) is 1.42. The summed E-state index contributed by atoms with van der Waals surface area (Å²) in [6.07, 6.45) is -4.29. The first-order valence-corrected chi connectivity index (χ1v) is 3.29. The molecule has 0 saturated carbocycles. The van der Waals surface area contributed by atoms with Gasteiger partial charge >= 0.3 is 6.18 Å². The molecule has 0 heterocycles. The molecule has 0 spiro atoms. The van der Waals surface area contributed by atoms with Gasteiger partial charge in [0.2, 0.25) is 0 Å². The molecule has 0 fully saturated rings. The summed E-state index contributed by atoms with van der Waals surface area (Å²) in [7, 11) is 0. The Morgan fingerprint density at radius 2 is 1.62 bits per heavy atom. The Kier molecular flexibility index (Phi) is 5.72. The van der Waals surface area contributed by atoms with Gasteiger partial charge < -0.3 is 11.5 Å². The van der Waals surface area contributed by atoms with E-state index in [2.05, 4.69) is 4.99 Å². The van der Waals surface area contributed by atoms with Crippen molar-refractivity contribution in [3.8, 4) is 0 Å². The lowest BCUT2D eigenvalue weighted by atomic mass is 9.93. The summed E-state index contributed by atoms with van der Waals surface area (Å²) in [5.41, 5.74) is 7.93. The van der Waals surface area contributed by atoms with Crippen LogP contribution in [0.25, 0.3) is 0 Å². The fraction of sp³-hybridized carbons (Fsp3) is 0.833. The molecule has 0 unspecified atom stereocenters. The van der Waals surface area contributed by atoms with Crippen LogP contribution in [-0.4, -0.2) is 18.7 Å². The molecule has 0 atom stereocenters. The Balaban J connectivity index is 0. The number of guanidine groups is 1. The third kappa shape index (κ3) is 5.17. The highest BCUT2D eigenvalue weighted by molar-refractivity contribution is 14.0. The van der Waals surface area contributed by atoms with E-state index in [1.54, 1.807) is 0 Å². The lowest BCUT2D eigenvalue weighted by Crippen LogP contribution is -2.36. The molecule has 0 aromatic carbocycles. The van der Waals surface area contributed by atoms with E-state index in [9.17, 15) is 13.2 Å². The summed E-state index contributed by atoms with van der Waals surface area (Å²) in [4.78, 5) is 3.31. The molecule has 3 nitrogen and oxygen atoms in total. The second-order valence-electron chi connectivity index (χ2n) is 3.12. The molecule has 0 bridgehead atoms. The van der Waals surface area contributed by atoms with Gasteiger partial charge in [-0.15, -0.1) is 24.0 Å². The van der Waals surface area contributed by atoms with Crippen molar-refractivity contribution < 1.29 is 13.2 Å². The molecule has 7 heteroatoms. The molecule has 80 valence electrons. The van der Waals surface area contributed by atoms with Gasteiger partial charge in [-0.05, 0) is 13.8 Å². The largest absolute Gasteiger partial charge is 0.395 e. The molecule has 0 aliphatic rings. The number of hydrogen-bond acceptors (Lipinski definition) is 1. The highest BCUT2D eigenvalue weighted by atomic mass is 127. The van der Waals surface area contributed by atoms with Gasteiger partial charge in [0.25, 0.3) is 0 Å². The molecular formula is C6H13F3IN3. The fourth-order valence-corrected chi connectivity index (χ4v) is 0.379. The van der Waals surface area contributed by atoms with Crippen LogP contribution in [0.2, 0.25) is 0 Å². The van der Waals surface area contributed by atoms with E-state index < -0.39 is 18.1 Å². The predicted octanol–water partition coefficient (Wildman–Crippen LogP) is 1.47. The van der Waals surface area contributed by atoms with Crippen LogP contribution in [0.15, 0.2) is 4.99 Å². The Labute approximate surface area is 91.8 Å². The van der Waals surface area contributed by atoms with Gasteiger partial charge in [-0.1, -0.05) is 0 Å². The summed E-state index contributed by atoms with van der Waals surface area (Å²) in [5, 5.41) is 0. The van der Waals surface area contributed by atoms with E-state index in [4.69, 9.17) is 11.5 Å². The zero-order valence-electron chi connectivity index (χ0n) is 7.35. The van der Waals surface area contributed by atoms with Crippen LogP contribution in [0.4, 0.5) is 13.2 Å². The molecular weight excluding hydrogens is 298 g/mol. The Morgan fingerprint density at radius 1 is 1.23 bits per heavy atom. The lowest BCUT2D eigenvalue weighted by molar-refractivity contribution is -0.207. The molecule has 0 aromatic rings. The van der Waals surface area contributed by atoms with E-state index in [1.165, 1.54) is 0 Å². The zero-order chi connectivity index (χ0) is 9.99. The molecule has 0 aromatic heterocycles. The molecule has 0 radical (unpaired) electrons. The molecule has 13 heavy (non-hydrogen) atoms. The van der Waals surface area contributed by atoms with Crippen molar-refractivity contribution in [2.24, 2.45) is 21.9 Å². The molecule has 0 saturated heterocycles. The number of nitrogens with two attached hydrogens (primary N) is 2. The van der Waals surface area contributed by atoms with Crippen molar-refractivity contribution in [2.45, 2.75) is 20.0 Å². The minimum atomic E-state index is -4.29. The maximum atomic E-state index is 12.1. The first-order chi connectivity index (χ1) is 5.17. The summed E-state index contributed by atoms with van der Waals surface area (Å²) in [5.74, 6) is -0.327. The first-order valence-electron chi connectivity index (χ1n) is 3.29.